The van der Waals surface area contributed by atoms with E-state index in [1.807, 2.05) is 0 Å². The summed E-state index contributed by atoms with van der Waals surface area (Å²) in [6.07, 6.45) is 1.67. The first-order valence-corrected chi connectivity index (χ1v) is 9.45. The number of amides is 1. The van der Waals surface area contributed by atoms with E-state index in [9.17, 15) is 14.3 Å². The molecule has 4 rings (SSSR count). The molecule has 148 valence electrons. The van der Waals surface area contributed by atoms with Crippen molar-refractivity contribution in [2.24, 2.45) is 17.4 Å². The number of nitrogens with zero attached hydrogens (tertiary/aromatic N) is 1. The molecule has 2 aliphatic rings. The highest BCUT2D eigenvalue weighted by Crippen LogP contribution is 2.50. The zero-order valence-corrected chi connectivity index (χ0v) is 16.1. The van der Waals surface area contributed by atoms with E-state index in [-0.39, 0.29) is 24.1 Å². The number of aromatic nitrogens is 1. The van der Waals surface area contributed by atoms with Crippen LogP contribution in [0.4, 0.5) is 4.39 Å². The molecule has 1 aliphatic heterocycles. The average molecular weight is 406 g/mol. The minimum atomic E-state index is -1.34. The second-order valence-electron chi connectivity index (χ2n) is 7.74. The van der Waals surface area contributed by atoms with Gasteiger partial charge in [-0.3, -0.25) is 4.79 Å². The van der Waals surface area contributed by atoms with E-state index in [1.54, 1.807) is 13.0 Å². The first-order chi connectivity index (χ1) is 13.2. The molecule has 8 heteroatoms. The number of rotatable bonds is 5. The van der Waals surface area contributed by atoms with E-state index in [1.165, 1.54) is 18.2 Å². The number of carbonyl (C=O) groups is 1. The van der Waals surface area contributed by atoms with Gasteiger partial charge >= 0.3 is 0 Å². The molecule has 5 N–H and O–H groups in total. The molecule has 0 saturated heterocycles. The molecule has 2 aromatic rings. The summed E-state index contributed by atoms with van der Waals surface area (Å²) in [6.45, 7) is 1.70. The zero-order chi connectivity index (χ0) is 20.3. The van der Waals surface area contributed by atoms with Gasteiger partial charge in [-0.15, -0.1) is 0 Å². The first-order valence-electron chi connectivity index (χ1n) is 9.07. The lowest BCUT2D eigenvalue weighted by Crippen LogP contribution is -2.41. The second-order valence-corrected chi connectivity index (χ2v) is 8.15. The summed E-state index contributed by atoms with van der Waals surface area (Å²) in [4.78, 5) is 16.8. The molecule has 1 aromatic heterocycles. The summed E-state index contributed by atoms with van der Waals surface area (Å²) in [6, 6.07) is 5.58. The Balaban J connectivity index is 1.99. The molecule has 28 heavy (non-hydrogen) atoms. The van der Waals surface area contributed by atoms with Gasteiger partial charge in [0.2, 0.25) is 5.91 Å². The molecule has 1 saturated carbocycles. The minimum Gasteiger partial charge on any atom is -0.489 e. The van der Waals surface area contributed by atoms with Gasteiger partial charge in [0.25, 0.3) is 0 Å². The molecule has 2 heterocycles. The molecule has 2 atom stereocenters. The number of pyridine rings is 1. The third kappa shape index (κ3) is 2.77. The number of halogens is 2. The number of ether oxygens (including phenoxy) is 1. The Labute approximate surface area is 166 Å². The van der Waals surface area contributed by atoms with E-state index in [2.05, 4.69) is 4.98 Å². The van der Waals surface area contributed by atoms with Gasteiger partial charge in [-0.05, 0) is 49.9 Å². The van der Waals surface area contributed by atoms with Gasteiger partial charge in [0, 0.05) is 17.7 Å². The number of primary amides is 1. The Morgan fingerprint density at radius 3 is 2.75 bits per heavy atom. The van der Waals surface area contributed by atoms with Crippen LogP contribution in [0.3, 0.4) is 0 Å². The standard InChI is InChI=1S/C20H21ClFN3O3/c1-19(18(24)26)9-28-17-13(19)7-15(20(27,8-23)10-2-3-10)25-16(17)12-5-4-11(22)6-14(12)21/h4-7,10,27H,2-3,8-9,23H2,1H3,(H2,24,26)/t19-,20+/m0/s1. The SMILES string of the molecule is C[C@]1(C(N)=O)COc2c1cc([C@@](O)(CN)C1CC1)nc2-c1ccc(F)cc1Cl. The number of hydrogen-bond donors (Lipinski definition) is 3. The van der Waals surface area contributed by atoms with E-state index in [4.69, 9.17) is 27.8 Å². The summed E-state index contributed by atoms with van der Waals surface area (Å²) >= 11 is 6.26. The molecule has 6 nitrogen and oxygen atoms in total. The highest BCUT2D eigenvalue weighted by molar-refractivity contribution is 6.33. The van der Waals surface area contributed by atoms with Crippen molar-refractivity contribution >= 4 is 17.5 Å². The minimum absolute atomic E-state index is 0.0123. The number of benzene rings is 1. The first kappa shape index (κ1) is 19.1. The van der Waals surface area contributed by atoms with Crippen molar-refractivity contribution in [3.8, 4) is 17.0 Å². The molecule has 0 radical (unpaired) electrons. The molecule has 1 fully saturated rings. The van der Waals surface area contributed by atoms with Crippen molar-refractivity contribution < 1.29 is 19.0 Å². The molecule has 0 spiro atoms. The van der Waals surface area contributed by atoms with Crippen LogP contribution in [-0.4, -0.2) is 29.1 Å². The van der Waals surface area contributed by atoms with Crippen LogP contribution in [0, 0.1) is 11.7 Å². The maximum absolute atomic E-state index is 13.5. The Morgan fingerprint density at radius 2 is 2.18 bits per heavy atom. The molecule has 1 aromatic carbocycles. The van der Waals surface area contributed by atoms with Crippen LogP contribution in [-0.2, 0) is 15.8 Å². The molecule has 0 unspecified atom stereocenters. The molecular weight excluding hydrogens is 385 g/mol. The Kier molecular flexibility index (Phi) is 4.37. The lowest BCUT2D eigenvalue weighted by atomic mass is 9.81. The second kappa shape index (κ2) is 6.40. The van der Waals surface area contributed by atoms with Gasteiger partial charge in [0.1, 0.15) is 34.9 Å². The van der Waals surface area contributed by atoms with E-state index < -0.39 is 22.7 Å². The fraction of sp³-hybridized carbons (Fsp3) is 0.400. The number of carbonyl (C=O) groups excluding carboxylic acids is 1. The topological polar surface area (TPSA) is 111 Å². The molecule has 0 bridgehead atoms. The zero-order valence-electron chi connectivity index (χ0n) is 15.3. The normalized spacial score (nSPS) is 23.0. The van der Waals surface area contributed by atoms with Crippen molar-refractivity contribution in [1.29, 1.82) is 0 Å². The molecule has 1 aliphatic carbocycles. The quantitative estimate of drug-likeness (QED) is 0.706. The summed E-state index contributed by atoms with van der Waals surface area (Å²) in [5.41, 5.74) is 10.7. The van der Waals surface area contributed by atoms with Crippen molar-refractivity contribution in [2.45, 2.75) is 30.8 Å². The van der Waals surface area contributed by atoms with Crippen LogP contribution in [0.5, 0.6) is 5.75 Å². The monoisotopic (exact) mass is 405 g/mol. The van der Waals surface area contributed by atoms with Crippen molar-refractivity contribution in [3.63, 3.8) is 0 Å². The third-order valence-electron chi connectivity index (χ3n) is 5.81. The van der Waals surface area contributed by atoms with E-state index in [0.717, 1.165) is 12.8 Å². The summed E-state index contributed by atoms with van der Waals surface area (Å²) in [7, 11) is 0. The lowest BCUT2D eigenvalue weighted by molar-refractivity contribution is -0.123. The number of hydrogen-bond acceptors (Lipinski definition) is 5. The van der Waals surface area contributed by atoms with Crippen LogP contribution in [0.15, 0.2) is 24.3 Å². The lowest BCUT2D eigenvalue weighted by Gasteiger charge is -2.28. The van der Waals surface area contributed by atoms with Crippen LogP contribution >= 0.6 is 11.6 Å². The maximum Gasteiger partial charge on any atom is 0.231 e. The fourth-order valence-corrected chi connectivity index (χ4v) is 3.97. The van der Waals surface area contributed by atoms with Gasteiger partial charge in [0.15, 0.2) is 0 Å². The molecule has 1 amide bonds. The number of aliphatic hydroxyl groups is 1. The van der Waals surface area contributed by atoms with E-state index >= 15 is 0 Å². The summed E-state index contributed by atoms with van der Waals surface area (Å²) in [5, 5.41) is 11.4. The van der Waals surface area contributed by atoms with Crippen molar-refractivity contribution in [1.82, 2.24) is 4.98 Å². The summed E-state index contributed by atoms with van der Waals surface area (Å²) in [5.74, 6) is -0.696. The molecular formula is C20H21ClFN3O3. The highest BCUT2D eigenvalue weighted by atomic mass is 35.5. The predicted octanol–water partition coefficient (Wildman–Crippen LogP) is 2.23. The van der Waals surface area contributed by atoms with Gasteiger partial charge in [0.05, 0.1) is 10.7 Å². The van der Waals surface area contributed by atoms with E-state index in [0.29, 0.717) is 28.3 Å². The van der Waals surface area contributed by atoms with Gasteiger partial charge in [-0.2, -0.15) is 0 Å². The fourth-order valence-electron chi connectivity index (χ4n) is 3.71. The highest BCUT2D eigenvalue weighted by Gasteiger charge is 2.49. The van der Waals surface area contributed by atoms with Crippen LogP contribution < -0.4 is 16.2 Å². The Hall–Kier alpha value is -2.22. The predicted molar refractivity (Wildman–Crippen MR) is 102 cm³/mol. The largest absolute Gasteiger partial charge is 0.489 e. The van der Waals surface area contributed by atoms with Crippen LogP contribution in [0.25, 0.3) is 11.3 Å². The smallest absolute Gasteiger partial charge is 0.231 e. The van der Waals surface area contributed by atoms with Gasteiger partial charge < -0.3 is 21.3 Å². The van der Waals surface area contributed by atoms with Crippen molar-refractivity contribution in [3.05, 3.63) is 46.4 Å². The summed E-state index contributed by atoms with van der Waals surface area (Å²) < 4.78 is 19.3. The average Bonchev–Trinajstić information content (AvgIpc) is 3.45. The third-order valence-corrected chi connectivity index (χ3v) is 6.12. The number of nitrogens with two attached hydrogens (primary N) is 2. The van der Waals surface area contributed by atoms with Gasteiger partial charge in [-0.1, -0.05) is 11.6 Å². The Bertz CT molecular complexity index is 981. The van der Waals surface area contributed by atoms with Crippen LogP contribution in [0.1, 0.15) is 31.0 Å². The maximum atomic E-state index is 13.5. The van der Waals surface area contributed by atoms with Gasteiger partial charge in [-0.25, -0.2) is 9.37 Å². The van der Waals surface area contributed by atoms with Crippen LogP contribution in [0.2, 0.25) is 5.02 Å². The Morgan fingerprint density at radius 1 is 1.46 bits per heavy atom. The number of fused-ring (bicyclic) bond motifs is 1. The van der Waals surface area contributed by atoms with Crippen molar-refractivity contribution in [2.75, 3.05) is 13.2 Å².